The summed E-state index contributed by atoms with van der Waals surface area (Å²) < 4.78 is 5.34. The molecule has 0 spiro atoms. The molecule has 1 saturated carbocycles. The van der Waals surface area contributed by atoms with E-state index in [9.17, 15) is 4.79 Å². The molecule has 2 aliphatic rings. The summed E-state index contributed by atoms with van der Waals surface area (Å²) in [5.74, 6) is 0.621. The van der Waals surface area contributed by atoms with Gasteiger partial charge in [0.15, 0.2) is 5.84 Å². The summed E-state index contributed by atoms with van der Waals surface area (Å²) in [5.41, 5.74) is 4.97. The highest BCUT2D eigenvalue weighted by Gasteiger charge is 2.47. The Labute approximate surface area is 119 Å². The Morgan fingerprint density at radius 1 is 1.45 bits per heavy atom. The van der Waals surface area contributed by atoms with Crippen molar-refractivity contribution in [1.82, 2.24) is 4.90 Å². The molecule has 6 nitrogen and oxygen atoms in total. The van der Waals surface area contributed by atoms with Crippen molar-refractivity contribution in [2.45, 2.75) is 45.6 Å². The van der Waals surface area contributed by atoms with E-state index >= 15 is 0 Å². The van der Waals surface area contributed by atoms with E-state index in [1.807, 2.05) is 18.7 Å². The standard InChI is InChI=1S/C14H25N3O3/c1-10(2)17(9-11-3-4-11)13(18)14(12(15)16-19)5-7-20-8-6-14/h10-11,19H,3-9H2,1-2H3,(H2,15,16). The number of nitrogens with two attached hydrogens (primary N) is 1. The molecule has 0 radical (unpaired) electrons. The van der Waals surface area contributed by atoms with Gasteiger partial charge in [-0.1, -0.05) is 5.16 Å². The quantitative estimate of drug-likeness (QED) is 0.343. The van der Waals surface area contributed by atoms with Crippen LogP contribution in [-0.4, -0.2) is 47.7 Å². The van der Waals surface area contributed by atoms with E-state index < -0.39 is 5.41 Å². The molecule has 1 aliphatic heterocycles. The number of carbonyl (C=O) groups is 1. The van der Waals surface area contributed by atoms with Crippen LogP contribution in [-0.2, 0) is 9.53 Å². The Balaban J connectivity index is 2.23. The fourth-order valence-corrected chi connectivity index (χ4v) is 2.78. The van der Waals surface area contributed by atoms with Gasteiger partial charge in [0, 0.05) is 25.8 Å². The molecule has 0 aromatic carbocycles. The number of hydrogen-bond donors (Lipinski definition) is 2. The normalized spacial score (nSPS) is 22.9. The molecule has 0 atom stereocenters. The van der Waals surface area contributed by atoms with Crippen molar-refractivity contribution in [2.75, 3.05) is 19.8 Å². The van der Waals surface area contributed by atoms with Crippen molar-refractivity contribution in [3.05, 3.63) is 0 Å². The SMILES string of the molecule is CC(C)N(CC1CC1)C(=O)C1(C(N)=NO)CCOCC1. The van der Waals surface area contributed by atoms with Gasteiger partial charge < -0.3 is 20.6 Å². The first-order valence-corrected chi connectivity index (χ1v) is 7.38. The zero-order chi connectivity index (χ0) is 14.8. The summed E-state index contributed by atoms with van der Waals surface area (Å²) in [7, 11) is 0. The van der Waals surface area contributed by atoms with E-state index in [2.05, 4.69) is 5.16 Å². The molecular formula is C14H25N3O3. The molecule has 0 aromatic heterocycles. The molecule has 0 aromatic rings. The average Bonchev–Trinajstić information content (AvgIpc) is 3.27. The van der Waals surface area contributed by atoms with Gasteiger partial charge in [0.1, 0.15) is 5.41 Å². The first-order valence-electron chi connectivity index (χ1n) is 7.38. The molecule has 20 heavy (non-hydrogen) atoms. The van der Waals surface area contributed by atoms with Gasteiger partial charge in [0.25, 0.3) is 0 Å². The number of rotatable bonds is 5. The molecule has 2 rings (SSSR count). The summed E-state index contributed by atoms with van der Waals surface area (Å²) >= 11 is 0. The van der Waals surface area contributed by atoms with Crippen LogP contribution in [0.3, 0.4) is 0 Å². The van der Waals surface area contributed by atoms with Gasteiger partial charge in [-0.05, 0) is 45.4 Å². The van der Waals surface area contributed by atoms with Crippen LogP contribution in [0.25, 0.3) is 0 Å². The average molecular weight is 283 g/mol. The maximum absolute atomic E-state index is 13.0. The van der Waals surface area contributed by atoms with E-state index in [0.29, 0.717) is 32.0 Å². The number of hydrogen-bond acceptors (Lipinski definition) is 4. The molecule has 114 valence electrons. The van der Waals surface area contributed by atoms with Gasteiger partial charge in [-0.2, -0.15) is 0 Å². The zero-order valence-corrected chi connectivity index (χ0v) is 12.3. The number of ether oxygens (including phenoxy) is 1. The highest BCUT2D eigenvalue weighted by Crippen LogP contribution is 2.36. The zero-order valence-electron chi connectivity index (χ0n) is 12.3. The van der Waals surface area contributed by atoms with Crippen molar-refractivity contribution >= 4 is 11.7 Å². The Hall–Kier alpha value is -1.30. The van der Waals surface area contributed by atoms with E-state index in [0.717, 1.165) is 6.54 Å². The second kappa shape index (κ2) is 5.99. The number of nitrogens with zero attached hydrogens (tertiary/aromatic N) is 2. The molecule has 1 heterocycles. The van der Waals surface area contributed by atoms with Crippen molar-refractivity contribution in [2.24, 2.45) is 22.2 Å². The minimum Gasteiger partial charge on any atom is -0.409 e. The molecule has 0 bridgehead atoms. The Kier molecular flexibility index (Phi) is 4.52. The van der Waals surface area contributed by atoms with Gasteiger partial charge in [0.05, 0.1) is 0 Å². The third-order valence-electron chi connectivity index (χ3n) is 4.39. The Morgan fingerprint density at radius 3 is 2.50 bits per heavy atom. The number of oxime groups is 1. The summed E-state index contributed by atoms with van der Waals surface area (Å²) in [4.78, 5) is 14.9. The highest BCUT2D eigenvalue weighted by molar-refractivity contribution is 6.07. The molecule has 3 N–H and O–H groups in total. The summed E-state index contributed by atoms with van der Waals surface area (Å²) in [6, 6.07) is 0.120. The Morgan fingerprint density at radius 2 is 2.05 bits per heavy atom. The van der Waals surface area contributed by atoms with Crippen LogP contribution in [0.4, 0.5) is 0 Å². The lowest BCUT2D eigenvalue weighted by molar-refractivity contribution is -0.144. The van der Waals surface area contributed by atoms with Crippen LogP contribution in [0.5, 0.6) is 0 Å². The van der Waals surface area contributed by atoms with E-state index in [-0.39, 0.29) is 17.8 Å². The van der Waals surface area contributed by atoms with Gasteiger partial charge in [-0.25, -0.2) is 0 Å². The second-order valence-electron chi connectivity index (χ2n) is 6.17. The predicted octanol–water partition coefficient (Wildman–Crippen LogP) is 1.18. The lowest BCUT2D eigenvalue weighted by Crippen LogP contribution is -2.56. The van der Waals surface area contributed by atoms with Crippen molar-refractivity contribution in [3.63, 3.8) is 0 Å². The van der Waals surface area contributed by atoms with E-state index in [4.69, 9.17) is 15.7 Å². The smallest absolute Gasteiger partial charge is 0.236 e. The van der Waals surface area contributed by atoms with Crippen LogP contribution in [0.15, 0.2) is 5.16 Å². The molecule has 1 aliphatic carbocycles. The van der Waals surface area contributed by atoms with Crippen LogP contribution in [0.1, 0.15) is 39.5 Å². The van der Waals surface area contributed by atoms with Crippen LogP contribution in [0, 0.1) is 11.3 Å². The largest absolute Gasteiger partial charge is 0.409 e. The summed E-state index contributed by atoms with van der Waals surface area (Å²) in [6.07, 6.45) is 3.34. The summed E-state index contributed by atoms with van der Waals surface area (Å²) in [6.45, 7) is 5.74. The molecule has 1 saturated heterocycles. The van der Waals surface area contributed by atoms with Crippen molar-refractivity contribution in [1.29, 1.82) is 0 Å². The van der Waals surface area contributed by atoms with Crippen molar-refractivity contribution in [3.8, 4) is 0 Å². The first kappa shape index (κ1) is 15.1. The monoisotopic (exact) mass is 283 g/mol. The minimum atomic E-state index is -0.897. The van der Waals surface area contributed by atoms with Gasteiger partial charge in [-0.3, -0.25) is 4.79 Å². The maximum Gasteiger partial charge on any atom is 0.236 e. The second-order valence-corrected chi connectivity index (χ2v) is 6.17. The molecule has 0 unspecified atom stereocenters. The lowest BCUT2D eigenvalue weighted by Gasteiger charge is -2.40. The predicted molar refractivity (Wildman–Crippen MR) is 75.5 cm³/mol. The van der Waals surface area contributed by atoms with Crippen LogP contribution < -0.4 is 5.73 Å². The lowest BCUT2D eigenvalue weighted by atomic mass is 9.77. The van der Waals surface area contributed by atoms with Crippen LogP contribution >= 0.6 is 0 Å². The van der Waals surface area contributed by atoms with Crippen molar-refractivity contribution < 1.29 is 14.7 Å². The number of carbonyl (C=O) groups excluding carboxylic acids is 1. The number of amidine groups is 1. The molecule has 2 fully saturated rings. The van der Waals surface area contributed by atoms with E-state index in [1.54, 1.807) is 0 Å². The fraction of sp³-hybridized carbons (Fsp3) is 0.857. The highest BCUT2D eigenvalue weighted by atomic mass is 16.5. The molecule has 1 amide bonds. The molecule has 6 heteroatoms. The van der Waals surface area contributed by atoms with E-state index in [1.165, 1.54) is 12.8 Å². The summed E-state index contributed by atoms with van der Waals surface area (Å²) in [5, 5.41) is 12.2. The first-order chi connectivity index (χ1) is 9.51. The topological polar surface area (TPSA) is 88.2 Å². The molecular weight excluding hydrogens is 258 g/mol. The number of amides is 1. The third-order valence-corrected chi connectivity index (χ3v) is 4.39. The van der Waals surface area contributed by atoms with Gasteiger partial charge in [0.2, 0.25) is 5.91 Å². The van der Waals surface area contributed by atoms with Gasteiger partial charge in [-0.15, -0.1) is 0 Å². The Bertz CT molecular complexity index is 385. The fourth-order valence-electron chi connectivity index (χ4n) is 2.78. The third kappa shape index (κ3) is 2.90. The van der Waals surface area contributed by atoms with Gasteiger partial charge >= 0.3 is 0 Å². The minimum absolute atomic E-state index is 0.0157. The van der Waals surface area contributed by atoms with Crippen LogP contribution in [0.2, 0.25) is 0 Å². The maximum atomic E-state index is 13.0.